The number of aryl methyl sites for hydroxylation is 1. The average Bonchev–Trinajstić information content (AvgIpc) is 3.07. The van der Waals surface area contributed by atoms with E-state index in [0.717, 1.165) is 29.2 Å². The fourth-order valence-corrected chi connectivity index (χ4v) is 4.67. The fraction of sp³-hybridized carbons (Fsp3) is 0.684. The highest BCUT2D eigenvalue weighted by molar-refractivity contribution is 5.78. The Morgan fingerprint density at radius 1 is 1.17 bits per heavy atom. The third-order valence-corrected chi connectivity index (χ3v) is 6.07. The summed E-state index contributed by atoms with van der Waals surface area (Å²) in [7, 11) is 0. The highest BCUT2D eigenvalue weighted by atomic mass is 15.1. The van der Waals surface area contributed by atoms with Crippen LogP contribution in [0.3, 0.4) is 0 Å². The van der Waals surface area contributed by atoms with Crippen LogP contribution in [0, 0.1) is 24.7 Å². The molecule has 1 N–H and O–H groups in total. The van der Waals surface area contributed by atoms with E-state index >= 15 is 0 Å². The smallest absolute Gasteiger partial charge is 0.143 e. The molecule has 0 aromatic carbocycles. The van der Waals surface area contributed by atoms with Gasteiger partial charge in [0.2, 0.25) is 0 Å². The van der Waals surface area contributed by atoms with Gasteiger partial charge < -0.3 is 9.88 Å². The summed E-state index contributed by atoms with van der Waals surface area (Å²) in [6.07, 6.45) is 9.24. The third-order valence-electron chi connectivity index (χ3n) is 6.07. The van der Waals surface area contributed by atoms with Crippen LogP contribution < -0.4 is 5.32 Å². The Balaban J connectivity index is 1.45. The van der Waals surface area contributed by atoms with Gasteiger partial charge in [-0.3, -0.25) is 0 Å². The van der Waals surface area contributed by atoms with Gasteiger partial charge in [0.15, 0.2) is 0 Å². The van der Waals surface area contributed by atoms with Gasteiger partial charge in [-0.25, -0.2) is 9.97 Å². The molecule has 0 bridgehead atoms. The van der Waals surface area contributed by atoms with Gasteiger partial charge in [-0.2, -0.15) is 0 Å². The van der Waals surface area contributed by atoms with Crippen molar-refractivity contribution in [2.24, 2.45) is 17.8 Å². The highest BCUT2D eigenvalue weighted by Crippen LogP contribution is 2.41. The second kappa shape index (κ2) is 5.90. The molecule has 2 heterocycles. The van der Waals surface area contributed by atoms with E-state index < -0.39 is 0 Å². The molecule has 3 atom stereocenters. The van der Waals surface area contributed by atoms with Crippen LogP contribution in [0.2, 0.25) is 0 Å². The summed E-state index contributed by atoms with van der Waals surface area (Å²) in [5, 5.41) is 4.99. The molecule has 2 aromatic rings. The van der Waals surface area contributed by atoms with Crippen molar-refractivity contribution in [3.63, 3.8) is 0 Å². The predicted molar refractivity (Wildman–Crippen MR) is 93.4 cm³/mol. The first-order valence-electron chi connectivity index (χ1n) is 9.13. The zero-order valence-corrected chi connectivity index (χ0v) is 14.5. The van der Waals surface area contributed by atoms with Gasteiger partial charge in [-0.05, 0) is 63.0 Å². The second-order valence-corrected chi connectivity index (χ2v) is 7.98. The van der Waals surface area contributed by atoms with Crippen molar-refractivity contribution in [3.8, 4) is 0 Å². The topological polar surface area (TPSA) is 42.7 Å². The van der Waals surface area contributed by atoms with Crippen molar-refractivity contribution in [2.45, 2.75) is 58.5 Å². The van der Waals surface area contributed by atoms with Gasteiger partial charge in [0.1, 0.15) is 12.0 Å². The Bertz CT molecular complexity index is 686. The van der Waals surface area contributed by atoms with E-state index in [-0.39, 0.29) is 0 Å². The molecular weight excluding hydrogens is 284 g/mol. The van der Waals surface area contributed by atoms with Gasteiger partial charge in [-0.15, -0.1) is 0 Å². The highest BCUT2D eigenvalue weighted by Gasteiger charge is 2.34. The molecule has 0 aliphatic heterocycles. The molecule has 2 fully saturated rings. The van der Waals surface area contributed by atoms with E-state index in [1.54, 1.807) is 6.33 Å². The first-order chi connectivity index (χ1) is 11.1. The Labute approximate surface area is 138 Å². The summed E-state index contributed by atoms with van der Waals surface area (Å²) in [6, 6.07) is 3.54. The lowest BCUT2D eigenvalue weighted by molar-refractivity contribution is 0.231. The van der Waals surface area contributed by atoms with Crippen LogP contribution in [0.5, 0.6) is 0 Å². The van der Waals surface area contributed by atoms with Gasteiger partial charge in [0.05, 0.1) is 5.69 Å². The molecule has 4 rings (SSSR count). The molecule has 4 heteroatoms. The molecule has 4 nitrogen and oxygen atoms in total. The molecule has 124 valence electrons. The molecular formula is C19H28N4. The minimum atomic E-state index is 0.578. The van der Waals surface area contributed by atoms with E-state index in [2.05, 4.69) is 52.9 Å². The van der Waals surface area contributed by atoms with Gasteiger partial charge in [-0.1, -0.05) is 13.8 Å². The molecule has 23 heavy (non-hydrogen) atoms. The molecule has 0 amide bonds. The van der Waals surface area contributed by atoms with Gasteiger partial charge in [0.25, 0.3) is 0 Å². The fourth-order valence-electron chi connectivity index (χ4n) is 4.67. The van der Waals surface area contributed by atoms with Crippen LogP contribution in [-0.4, -0.2) is 27.1 Å². The zero-order valence-electron chi connectivity index (χ0n) is 14.5. The molecule has 0 saturated heterocycles. The average molecular weight is 312 g/mol. The van der Waals surface area contributed by atoms with Crippen LogP contribution in [0.25, 0.3) is 11.0 Å². The maximum absolute atomic E-state index is 4.55. The summed E-state index contributed by atoms with van der Waals surface area (Å²) < 4.78 is 2.40. The van der Waals surface area contributed by atoms with Crippen LogP contribution in [0.1, 0.15) is 51.3 Å². The lowest BCUT2D eigenvalue weighted by Gasteiger charge is -2.34. The lowest BCUT2D eigenvalue weighted by Crippen LogP contribution is -2.42. The van der Waals surface area contributed by atoms with Crippen LogP contribution >= 0.6 is 0 Å². The summed E-state index contributed by atoms with van der Waals surface area (Å²) in [5.74, 6) is 2.44. The van der Waals surface area contributed by atoms with E-state index in [9.17, 15) is 0 Å². The molecule has 0 radical (unpaired) electrons. The number of nitrogens with one attached hydrogen (secondary N) is 1. The molecule has 2 aliphatic rings. The van der Waals surface area contributed by atoms with Gasteiger partial charge in [0, 0.05) is 23.7 Å². The van der Waals surface area contributed by atoms with Crippen LogP contribution in [0.4, 0.5) is 0 Å². The number of hydrogen-bond donors (Lipinski definition) is 1. The van der Waals surface area contributed by atoms with E-state index in [1.165, 1.54) is 37.6 Å². The number of hydrogen-bond acceptors (Lipinski definition) is 3. The number of nitrogens with zero attached hydrogens (tertiary/aromatic N) is 3. The summed E-state index contributed by atoms with van der Waals surface area (Å²) in [4.78, 5) is 8.86. The van der Waals surface area contributed by atoms with Gasteiger partial charge >= 0.3 is 0 Å². The van der Waals surface area contributed by atoms with E-state index in [4.69, 9.17) is 0 Å². The standard InChI is InChI=1S/C19H28N4/c1-12-6-16(7-12)20-10-15-8-13(2)18(9-15)23-5-4-17-14(3)21-11-22-19(17)23/h4-5,11-13,15-16,18,20H,6-10H2,1-3H3/t12?,13-,15-,16?,18-/m1/s1. The third kappa shape index (κ3) is 2.78. The van der Waals surface area contributed by atoms with Crippen molar-refractivity contribution in [1.82, 2.24) is 19.9 Å². The Morgan fingerprint density at radius 2 is 2.00 bits per heavy atom. The normalized spacial score (nSPS) is 34.0. The Kier molecular flexibility index (Phi) is 3.88. The molecule has 2 saturated carbocycles. The number of rotatable bonds is 4. The Morgan fingerprint density at radius 3 is 2.78 bits per heavy atom. The molecule has 0 spiro atoms. The zero-order chi connectivity index (χ0) is 16.0. The first kappa shape index (κ1) is 15.1. The first-order valence-corrected chi connectivity index (χ1v) is 9.13. The largest absolute Gasteiger partial charge is 0.329 e. The second-order valence-electron chi connectivity index (χ2n) is 7.98. The van der Waals surface area contributed by atoms with Crippen molar-refractivity contribution in [2.75, 3.05) is 6.54 Å². The van der Waals surface area contributed by atoms with E-state index in [0.29, 0.717) is 12.0 Å². The molecule has 0 unspecified atom stereocenters. The van der Waals surface area contributed by atoms with Crippen molar-refractivity contribution < 1.29 is 0 Å². The number of fused-ring (bicyclic) bond motifs is 1. The lowest BCUT2D eigenvalue weighted by atomic mass is 9.81. The summed E-state index contributed by atoms with van der Waals surface area (Å²) in [5.41, 5.74) is 2.19. The minimum Gasteiger partial charge on any atom is -0.329 e. The number of aromatic nitrogens is 3. The van der Waals surface area contributed by atoms with Crippen molar-refractivity contribution in [1.29, 1.82) is 0 Å². The van der Waals surface area contributed by atoms with E-state index in [1.807, 2.05) is 0 Å². The van der Waals surface area contributed by atoms with Crippen molar-refractivity contribution >= 4 is 11.0 Å². The van der Waals surface area contributed by atoms with Crippen LogP contribution in [-0.2, 0) is 0 Å². The predicted octanol–water partition coefficient (Wildman–Crippen LogP) is 3.72. The minimum absolute atomic E-state index is 0.578. The monoisotopic (exact) mass is 312 g/mol. The van der Waals surface area contributed by atoms with Crippen LogP contribution in [0.15, 0.2) is 18.6 Å². The quantitative estimate of drug-likeness (QED) is 0.935. The SMILES string of the molecule is Cc1ncnc2c1ccn2[C@@H]1C[C@H](CNC2CC(C)C2)C[C@H]1C. The van der Waals surface area contributed by atoms with Crippen molar-refractivity contribution in [3.05, 3.63) is 24.3 Å². The molecule has 2 aromatic heterocycles. The maximum Gasteiger partial charge on any atom is 0.143 e. The summed E-state index contributed by atoms with van der Waals surface area (Å²) >= 11 is 0. The Hall–Kier alpha value is -1.42. The molecule has 2 aliphatic carbocycles. The summed E-state index contributed by atoms with van der Waals surface area (Å²) in [6.45, 7) is 8.01. The maximum atomic E-state index is 4.55.